The first-order chi connectivity index (χ1) is 9.66. The van der Waals surface area contributed by atoms with Crippen LogP contribution < -0.4 is 5.44 Å². The van der Waals surface area contributed by atoms with Crippen molar-refractivity contribution in [2.24, 2.45) is 0 Å². The smallest absolute Gasteiger partial charge is 0.382 e. The molecular weight excluding hydrogens is 283 g/mol. The fourth-order valence-corrected chi connectivity index (χ4v) is 3.55. The van der Waals surface area contributed by atoms with Crippen LogP contribution in [0, 0.1) is 0 Å². The van der Waals surface area contributed by atoms with Crippen LogP contribution in [0.4, 0.5) is 0 Å². The Labute approximate surface area is 116 Å². The molecule has 2 heterocycles. The van der Waals surface area contributed by atoms with Crippen molar-refractivity contribution in [1.29, 1.82) is 0 Å². The third-order valence-corrected chi connectivity index (χ3v) is 4.64. The number of hydrogen-bond acceptors (Lipinski definition) is 6. The molecule has 0 amide bonds. The van der Waals surface area contributed by atoms with Gasteiger partial charge in [-0.3, -0.25) is 9.66 Å². The van der Waals surface area contributed by atoms with Gasteiger partial charge in [0.2, 0.25) is 0 Å². The molecule has 0 aliphatic rings. The molecule has 0 unspecified atom stereocenters. The number of aromatic nitrogens is 2. The van der Waals surface area contributed by atoms with E-state index in [1.54, 1.807) is 26.0 Å². The van der Waals surface area contributed by atoms with E-state index >= 15 is 0 Å². The normalized spacial score (nSPS) is 11.9. The summed E-state index contributed by atoms with van der Waals surface area (Å²) in [6.07, 6.45) is 1.49. The molecule has 0 atom stereocenters. The van der Waals surface area contributed by atoms with E-state index in [0.29, 0.717) is 17.0 Å². The summed E-state index contributed by atoms with van der Waals surface area (Å²) in [6, 6.07) is 3.38. The second kappa shape index (κ2) is 6.37. The number of nitrogens with zero attached hydrogens (tertiary/aromatic N) is 1. The summed E-state index contributed by atoms with van der Waals surface area (Å²) in [5.74, 6) is 0.442. The van der Waals surface area contributed by atoms with Gasteiger partial charge in [-0.1, -0.05) is 0 Å². The predicted molar refractivity (Wildman–Crippen MR) is 72.7 cm³/mol. The summed E-state index contributed by atoms with van der Waals surface area (Å²) in [5.41, 5.74) is 0.942. The molecular formula is C12H17N2O5P. The van der Waals surface area contributed by atoms with Gasteiger partial charge >= 0.3 is 7.60 Å². The number of aromatic amines is 1. The minimum Gasteiger partial charge on any atom is -0.464 e. The zero-order valence-electron chi connectivity index (χ0n) is 11.3. The van der Waals surface area contributed by atoms with E-state index in [2.05, 4.69) is 10.2 Å². The van der Waals surface area contributed by atoms with Crippen LogP contribution in [0.15, 0.2) is 22.8 Å². The van der Waals surface area contributed by atoms with Crippen molar-refractivity contribution in [3.63, 3.8) is 0 Å². The van der Waals surface area contributed by atoms with E-state index < -0.39 is 7.60 Å². The largest absolute Gasteiger partial charge is 0.464 e. The maximum atomic E-state index is 12.8. The van der Waals surface area contributed by atoms with Gasteiger partial charge in [-0.05, 0) is 26.0 Å². The first kappa shape index (κ1) is 15.0. The van der Waals surface area contributed by atoms with Gasteiger partial charge in [0.05, 0.1) is 37.3 Å². The van der Waals surface area contributed by atoms with Gasteiger partial charge in [0.1, 0.15) is 5.76 Å². The molecule has 2 aromatic heterocycles. The minimum absolute atomic E-state index is 0.125. The second-order valence-corrected chi connectivity index (χ2v) is 5.80. The average molecular weight is 300 g/mol. The first-order valence-electron chi connectivity index (χ1n) is 6.28. The number of H-pyrrole nitrogens is 1. The zero-order chi connectivity index (χ0) is 14.6. The number of hydrogen-bond donors (Lipinski definition) is 2. The monoisotopic (exact) mass is 300 g/mol. The molecule has 2 rings (SSSR count). The molecule has 0 aromatic carbocycles. The Kier molecular flexibility index (Phi) is 4.77. The summed E-state index contributed by atoms with van der Waals surface area (Å²) in [5, 5.41) is 16.0. The molecule has 0 bridgehead atoms. The lowest BCUT2D eigenvalue weighted by Crippen LogP contribution is -2.14. The Hall–Kier alpha value is -1.40. The standard InChI is InChI=1S/C12H17N2O5P/c1-3-18-20(16,19-4-2)12-11(9(8-15)13-14-12)10-6-5-7-17-10/h5-7,15H,3-4,8H2,1-2H3,(H,13,14). The van der Waals surface area contributed by atoms with Crippen molar-refractivity contribution >= 4 is 13.0 Å². The zero-order valence-corrected chi connectivity index (χ0v) is 12.2. The molecule has 0 fully saturated rings. The van der Waals surface area contributed by atoms with Crippen LogP contribution in [0.25, 0.3) is 11.3 Å². The number of rotatable bonds is 7. The third-order valence-electron chi connectivity index (χ3n) is 2.61. The van der Waals surface area contributed by atoms with E-state index in [-0.39, 0.29) is 25.3 Å². The molecule has 0 saturated carbocycles. The Balaban J connectivity index is 2.56. The van der Waals surface area contributed by atoms with Crippen LogP contribution in [0.5, 0.6) is 0 Å². The molecule has 110 valence electrons. The highest BCUT2D eigenvalue weighted by Crippen LogP contribution is 2.49. The van der Waals surface area contributed by atoms with E-state index in [1.807, 2.05) is 0 Å². The van der Waals surface area contributed by atoms with E-state index in [4.69, 9.17) is 13.5 Å². The summed E-state index contributed by atoms with van der Waals surface area (Å²) in [7, 11) is -3.56. The van der Waals surface area contributed by atoms with Crippen molar-refractivity contribution < 1.29 is 23.1 Å². The molecule has 8 heteroatoms. The first-order valence-corrected chi connectivity index (χ1v) is 7.82. The molecule has 7 nitrogen and oxygen atoms in total. The van der Waals surface area contributed by atoms with E-state index in [9.17, 15) is 9.67 Å². The summed E-state index contributed by atoms with van der Waals surface area (Å²) < 4.78 is 28.7. The fourth-order valence-electron chi connectivity index (χ4n) is 1.86. The van der Waals surface area contributed by atoms with Crippen LogP contribution in [-0.4, -0.2) is 28.5 Å². The highest BCUT2D eigenvalue weighted by atomic mass is 31.2. The van der Waals surface area contributed by atoms with Crippen molar-refractivity contribution in [3.8, 4) is 11.3 Å². The number of aliphatic hydroxyl groups is 1. The Bertz CT molecular complexity index is 583. The van der Waals surface area contributed by atoms with E-state index in [1.165, 1.54) is 6.26 Å². The minimum atomic E-state index is -3.56. The average Bonchev–Trinajstić information content (AvgIpc) is 3.08. The van der Waals surface area contributed by atoms with Crippen LogP contribution in [0.2, 0.25) is 0 Å². The van der Waals surface area contributed by atoms with Gasteiger partial charge in [0, 0.05) is 0 Å². The van der Waals surface area contributed by atoms with Gasteiger partial charge in [0.25, 0.3) is 0 Å². The summed E-state index contributed by atoms with van der Waals surface area (Å²) >= 11 is 0. The van der Waals surface area contributed by atoms with Crippen molar-refractivity contribution in [3.05, 3.63) is 24.1 Å². The van der Waals surface area contributed by atoms with Crippen molar-refractivity contribution in [1.82, 2.24) is 10.2 Å². The maximum Gasteiger partial charge on any atom is 0.382 e. The molecule has 0 aliphatic heterocycles. The Morgan fingerprint density at radius 2 is 2.10 bits per heavy atom. The molecule has 0 saturated heterocycles. The van der Waals surface area contributed by atoms with Crippen LogP contribution in [0.3, 0.4) is 0 Å². The number of furan rings is 1. The van der Waals surface area contributed by atoms with Crippen LogP contribution in [-0.2, 0) is 20.2 Å². The maximum absolute atomic E-state index is 12.8. The highest BCUT2D eigenvalue weighted by Gasteiger charge is 2.35. The SMILES string of the molecule is CCOP(=O)(OCC)c1n[nH]c(CO)c1-c1ccco1. The van der Waals surface area contributed by atoms with Crippen molar-refractivity contribution in [2.45, 2.75) is 20.5 Å². The van der Waals surface area contributed by atoms with Gasteiger partial charge in [0.15, 0.2) is 5.44 Å². The molecule has 2 N–H and O–H groups in total. The molecule has 2 aromatic rings. The third kappa shape index (κ3) is 2.71. The van der Waals surface area contributed by atoms with Crippen molar-refractivity contribution in [2.75, 3.05) is 13.2 Å². The molecule has 0 radical (unpaired) electrons. The lowest BCUT2D eigenvalue weighted by Gasteiger charge is -2.15. The topological polar surface area (TPSA) is 97.6 Å². The van der Waals surface area contributed by atoms with Gasteiger partial charge < -0.3 is 18.6 Å². The second-order valence-electron chi connectivity index (χ2n) is 3.87. The Morgan fingerprint density at radius 3 is 2.60 bits per heavy atom. The quantitative estimate of drug-likeness (QED) is 0.759. The lowest BCUT2D eigenvalue weighted by molar-refractivity contribution is 0.229. The fraction of sp³-hybridized carbons (Fsp3) is 0.417. The van der Waals surface area contributed by atoms with Gasteiger partial charge in [-0.15, -0.1) is 0 Å². The predicted octanol–water partition coefficient (Wildman–Crippen LogP) is 2.05. The number of nitrogens with one attached hydrogen (secondary N) is 1. The molecule has 0 spiro atoms. The summed E-state index contributed by atoms with van der Waals surface area (Å²) in [4.78, 5) is 0. The number of aliphatic hydroxyl groups excluding tert-OH is 1. The van der Waals surface area contributed by atoms with Gasteiger partial charge in [-0.25, -0.2) is 0 Å². The van der Waals surface area contributed by atoms with Crippen LogP contribution >= 0.6 is 7.60 Å². The van der Waals surface area contributed by atoms with Gasteiger partial charge in [-0.2, -0.15) is 5.10 Å². The highest BCUT2D eigenvalue weighted by molar-refractivity contribution is 7.62. The summed E-state index contributed by atoms with van der Waals surface area (Å²) in [6.45, 7) is 3.59. The van der Waals surface area contributed by atoms with Crippen LogP contribution in [0.1, 0.15) is 19.5 Å². The Morgan fingerprint density at radius 1 is 1.40 bits per heavy atom. The van der Waals surface area contributed by atoms with E-state index in [0.717, 1.165) is 0 Å². The molecule has 20 heavy (non-hydrogen) atoms. The molecule has 0 aliphatic carbocycles. The lowest BCUT2D eigenvalue weighted by atomic mass is 10.2.